The lowest BCUT2D eigenvalue weighted by atomic mass is 9.95. The number of carbonyl (C=O) groups is 5. The van der Waals surface area contributed by atoms with E-state index in [4.69, 9.17) is 9.47 Å². The van der Waals surface area contributed by atoms with E-state index in [1.165, 1.54) is 31.4 Å². The molecule has 242 valence electrons. The zero-order chi connectivity index (χ0) is 33.2. The molecule has 0 spiro atoms. The predicted octanol–water partition coefficient (Wildman–Crippen LogP) is 4.90. The van der Waals surface area contributed by atoms with Crippen molar-refractivity contribution >= 4 is 46.1 Å². The highest BCUT2D eigenvalue weighted by atomic mass is 32.1. The Bertz CT molecular complexity index is 1340. The van der Waals surface area contributed by atoms with E-state index in [1.807, 2.05) is 20.8 Å². The molecule has 2 rings (SSSR count). The number of anilines is 1. The van der Waals surface area contributed by atoms with E-state index < -0.39 is 53.2 Å². The summed E-state index contributed by atoms with van der Waals surface area (Å²) in [7, 11) is 1.20. The zero-order valence-corrected chi connectivity index (χ0v) is 27.3. The summed E-state index contributed by atoms with van der Waals surface area (Å²) in [5.41, 5.74) is 0.274. The van der Waals surface area contributed by atoms with Crippen molar-refractivity contribution in [3.63, 3.8) is 0 Å². The third-order valence-corrected chi connectivity index (χ3v) is 7.61. The molecule has 0 fully saturated rings. The summed E-state index contributed by atoms with van der Waals surface area (Å²) in [6, 6.07) is 4.78. The summed E-state index contributed by atoms with van der Waals surface area (Å²) in [6.07, 6.45) is 0.100. The lowest BCUT2D eigenvalue weighted by molar-refractivity contribution is -0.123. The number of ether oxygens (including phenoxy) is 2. The zero-order valence-electron chi connectivity index (χ0n) is 26.5. The molecule has 1 aromatic carbocycles. The van der Waals surface area contributed by atoms with Gasteiger partial charge in [-0.15, -0.1) is 11.3 Å². The molecule has 2 atom stereocenters. The van der Waals surface area contributed by atoms with Gasteiger partial charge in [0.15, 0.2) is 0 Å². The minimum Gasteiger partial charge on any atom is -0.465 e. The fraction of sp³-hybridized carbons (Fsp3) is 0.516. The molecule has 0 aliphatic carbocycles. The van der Waals surface area contributed by atoms with Crippen LogP contribution in [0.2, 0.25) is 0 Å². The summed E-state index contributed by atoms with van der Waals surface area (Å²) in [4.78, 5) is 64.1. The fourth-order valence-electron chi connectivity index (χ4n) is 4.35. The van der Waals surface area contributed by atoms with Crippen molar-refractivity contribution in [3.05, 3.63) is 51.7 Å². The van der Waals surface area contributed by atoms with Crippen molar-refractivity contribution < 1.29 is 37.8 Å². The van der Waals surface area contributed by atoms with Crippen molar-refractivity contribution in [1.82, 2.24) is 16.0 Å². The number of halogens is 1. The second-order valence-electron chi connectivity index (χ2n) is 11.6. The molecule has 44 heavy (non-hydrogen) atoms. The number of hydrogen-bond acceptors (Lipinski definition) is 8. The number of amides is 4. The van der Waals surface area contributed by atoms with Gasteiger partial charge in [0.05, 0.1) is 23.5 Å². The maximum atomic E-state index is 13.4. The van der Waals surface area contributed by atoms with E-state index in [0.29, 0.717) is 24.0 Å². The lowest BCUT2D eigenvalue weighted by Crippen LogP contribution is -2.49. The first-order valence-electron chi connectivity index (χ1n) is 14.4. The SMILES string of the molecule is CCC(C(=O)Nc1sc(C(=O)NCCNC(=O)C(CC(C)C)NC(=O)OC(C)(C)C)c(C)c1C(=O)OC)c1ccc(F)cc1. The molecule has 0 saturated carbocycles. The van der Waals surface area contributed by atoms with Gasteiger partial charge in [-0.25, -0.2) is 14.0 Å². The van der Waals surface area contributed by atoms with E-state index in [2.05, 4.69) is 21.3 Å². The van der Waals surface area contributed by atoms with Gasteiger partial charge in [-0.1, -0.05) is 32.9 Å². The second-order valence-corrected chi connectivity index (χ2v) is 12.6. The second kappa shape index (κ2) is 16.2. The van der Waals surface area contributed by atoms with Crippen LogP contribution in [0.3, 0.4) is 0 Å². The smallest absolute Gasteiger partial charge is 0.408 e. The Morgan fingerprint density at radius 3 is 2.14 bits per heavy atom. The van der Waals surface area contributed by atoms with Gasteiger partial charge >= 0.3 is 12.1 Å². The van der Waals surface area contributed by atoms with E-state index in [9.17, 15) is 28.4 Å². The predicted molar refractivity (Wildman–Crippen MR) is 166 cm³/mol. The Labute approximate surface area is 261 Å². The highest BCUT2D eigenvalue weighted by molar-refractivity contribution is 7.18. The highest BCUT2D eigenvalue weighted by Gasteiger charge is 2.29. The lowest BCUT2D eigenvalue weighted by Gasteiger charge is -2.24. The van der Waals surface area contributed by atoms with E-state index in [0.717, 1.165) is 11.3 Å². The molecule has 0 radical (unpaired) electrons. The average Bonchev–Trinajstić information content (AvgIpc) is 3.25. The molecule has 1 heterocycles. The molecule has 0 saturated heterocycles. The quantitative estimate of drug-likeness (QED) is 0.181. The van der Waals surface area contributed by atoms with Crippen molar-refractivity contribution in [2.24, 2.45) is 5.92 Å². The van der Waals surface area contributed by atoms with Gasteiger partial charge in [0.25, 0.3) is 5.91 Å². The van der Waals surface area contributed by atoms with E-state index in [1.54, 1.807) is 27.7 Å². The Balaban J connectivity index is 2.10. The normalized spacial score (nSPS) is 12.6. The molecule has 4 amide bonds. The Morgan fingerprint density at radius 2 is 1.59 bits per heavy atom. The van der Waals surface area contributed by atoms with Crippen LogP contribution in [0.15, 0.2) is 24.3 Å². The van der Waals surface area contributed by atoms with Gasteiger partial charge < -0.3 is 30.7 Å². The Morgan fingerprint density at radius 1 is 0.977 bits per heavy atom. The highest BCUT2D eigenvalue weighted by Crippen LogP contribution is 2.35. The number of hydrogen-bond donors (Lipinski definition) is 4. The number of methoxy groups -OCH3 is 1. The van der Waals surface area contributed by atoms with Gasteiger partial charge in [0.2, 0.25) is 11.8 Å². The molecule has 0 aliphatic rings. The standard InChI is InChI=1S/C31H43FN4O7S/c1-9-21(19-10-12-20(32)13-11-19)25(37)36-28-23(29(40)42-8)18(4)24(44-28)27(39)34-15-14-33-26(38)22(16-17(2)3)35-30(41)43-31(5,6)7/h10-13,17,21-22H,9,14-16H2,1-8H3,(H,33,38)(H,34,39)(H,35,41)(H,36,37). The number of alkyl carbamates (subject to hydrolysis) is 1. The molecule has 0 bridgehead atoms. The number of carbonyl (C=O) groups excluding carboxylic acids is 5. The summed E-state index contributed by atoms with van der Waals surface area (Å²) >= 11 is 0.926. The number of nitrogens with one attached hydrogen (secondary N) is 4. The summed E-state index contributed by atoms with van der Waals surface area (Å²) in [6.45, 7) is 12.5. The van der Waals surface area contributed by atoms with Crippen LogP contribution in [-0.2, 0) is 19.1 Å². The van der Waals surface area contributed by atoms with Gasteiger partial charge in [0.1, 0.15) is 22.5 Å². The van der Waals surface area contributed by atoms with E-state index in [-0.39, 0.29) is 34.4 Å². The largest absolute Gasteiger partial charge is 0.465 e. The first-order chi connectivity index (χ1) is 20.6. The fourth-order valence-corrected chi connectivity index (χ4v) is 5.46. The van der Waals surface area contributed by atoms with Crippen LogP contribution < -0.4 is 21.3 Å². The van der Waals surface area contributed by atoms with E-state index >= 15 is 0 Å². The molecule has 13 heteroatoms. The first-order valence-corrected chi connectivity index (χ1v) is 15.2. The monoisotopic (exact) mass is 634 g/mol. The third kappa shape index (κ3) is 10.6. The van der Waals surface area contributed by atoms with Crippen molar-refractivity contribution in [1.29, 1.82) is 0 Å². The average molecular weight is 635 g/mol. The van der Waals surface area contributed by atoms with Crippen LogP contribution in [-0.4, -0.2) is 61.6 Å². The molecular formula is C31H43FN4O7S. The number of benzene rings is 1. The topological polar surface area (TPSA) is 152 Å². The van der Waals surface area contributed by atoms with Crippen LogP contribution in [0, 0.1) is 18.7 Å². The molecule has 4 N–H and O–H groups in total. The van der Waals surface area contributed by atoms with Crippen molar-refractivity contribution in [2.45, 2.75) is 78.9 Å². The van der Waals surface area contributed by atoms with Crippen molar-refractivity contribution in [2.75, 3.05) is 25.5 Å². The Hall–Kier alpha value is -4.00. The molecule has 2 unspecified atom stereocenters. The number of rotatable bonds is 13. The molecule has 11 nitrogen and oxygen atoms in total. The molecular weight excluding hydrogens is 591 g/mol. The van der Waals surface area contributed by atoms with Crippen LogP contribution in [0.25, 0.3) is 0 Å². The minimum atomic E-state index is -0.823. The van der Waals surface area contributed by atoms with Crippen LogP contribution >= 0.6 is 11.3 Å². The maximum Gasteiger partial charge on any atom is 0.408 e. The van der Waals surface area contributed by atoms with Crippen LogP contribution in [0.4, 0.5) is 14.2 Å². The van der Waals surface area contributed by atoms with Crippen molar-refractivity contribution in [3.8, 4) is 0 Å². The minimum absolute atomic E-state index is 0.0560. The van der Waals surface area contributed by atoms with Crippen LogP contribution in [0.5, 0.6) is 0 Å². The molecule has 2 aromatic rings. The Kier molecular flexibility index (Phi) is 13.3. The summed E-state index contributed by atoms with van der Waals surface area (Å²) in [5.74, 6) is -2.99. The summed E-state index contributed by atoms with van der Waals surface area (Å²) < 4.78 is 23.6. The maximum absolute atomic E-state index is 13.4. The molecule has 0 aliphatic heterocycles. The first kappa shape index (κ1) is 36.2. The number of thiophene rings is 1. The van der Waals surface area contributed by atoms with Gasteiger partial charge in [0, 0.05) is 13.1 Å². The number of esters is 1. The van der Waals surface area contributed by atoms with Crippen LogP contribution in [0.1, 0.15) is 91.5 Å². The van der Waals surface area contributed by atoms with Gasteiger partial charge in [-0.05, 0) is 69.7 Å². The van der Waals surface area contributed by atoms with Gasteiger partial charge in [-0.2, -0.15) is 0 Å². The van der Waals surface area contributed by atoms with Gasteiger partial charge in [-0.3, -0.25) is 14.4 Å². The summed E-state index contributed by atoms with van der Waals surface area (Å²) in [5, 5.41) is 10.9. The molecule has 1 aromatic heterocycles. The third-order valence-electron chi connectivity index (χ3n) is 6.40.